The van der Waals surface area contributed by atoms with Crippen molar-refractivity contribution < 1.29 is 27.4 Å². The normalized spacial score (nSPS) is 23.7. The van der Waals surface area contributed by atoms with E-state index in [9.17, 15) is 22.7 Å². The lowest BCUT2D eigenvalue weighted by atomic mass is 10.1. The SMILES string of the molecule is CCO[C@H]1CN(Cc2cc(C(F)(F)F)ccc2F)C[C@@H]1O. The van der Waals surface area contributed by atoms with Crippen molar-refractivity contribution >= 4 is 0 Å². The molecular weight excluding hydrogens is 290 g/mol. The number of benzene rings is 1. The van der Waals surface area contributed by atoms with Gasteiger partial charge in [0.2, 0.25) is 0 Å². The smallest absolute Gasteiger partial charge is 0.389 e. The Bertz CT molecular complexity index is 492. The molecule has 0 bridgehead atoms. The minimum absolute atomic E-state index is 0.0103. The molecule has 7 heteroatoms. The number of β-amino-alcohol motifs (C(OH)–C–C–N with tert-alkyl or cyclic N) is 1. The van der Waals surface area contributed by atoms with E-state index in [-0.39, 0.29) is 24.8 Å². The number of hydrogen-bond donors (Lipinski definition) is 1. The molecule has 0 radical (unpaired) electrons. The number of aliphatic hydroxyl groups is 1. The minimum atomic E-state index is -4.50. The third-order valence-corrected chi connectivity index (χ3v) is 3.46. The Morgan fingerprint density at radius 1 is 1.33 bits per heavy atom. The summed E-state index contributed by atoms with van der Waals surface area (Å²) in [5.74, 6) is -0.683. The monoisotopic (exact) mass is 307 g/mol. The lowest BCUT2D eigenvalue weighted by molar-refractivity contribution is -0.137. The number of nitrogens with zero attached hydrogens (tertiary/aromatic N) is 1. The molecule has 1 heterocycles. The van der Waals surface area contributed by atoms with Gasteiger partial charge in [0.1, 0.15) is 5.82 Å². The first kappa shape index (κ1) is 16.2. The predicted molar refractivity (Wildman–Crippen MR) is 68.1 cm³/mol. The van der Waals surface area contributed by atoms with Crippen LogP contribution in [0, 0.1) is 5.82 Å². The zero-order valence-electron chi connectivity index (χ0n) is 11.5. The maximum Gasteiger partial charge on any atom is 0.416 e. The highest BCUT2D eigenvalue weighted by Gasteiger charge is 2.34. The van der Waals surface area contributed by atoms with E-state index < -0.39 is 23.7 Å². The molecule has 0 amide bonds. The summed E-state index contributed by atoms with van der Waals surface area (Å²) in [5, 5.41) is 9.78. The molecule has 1 aliphatic rings. The van der Waals surface area contributed by atoms with Crippen molar-refractivity contribution in [2.24, 2.45) is 0 Å². The number of halogens is 4. The highest BCUT2D eigenvalue weighted by molar-refractivity contribution is 5.27. The summed E-state index contributed by atoms with van der Waals surface area (Å²) in [7, 11) is 0. The van der Waals surface area contributed by atoms with E-state index in [4.69, 9.17) is 4.74 Å². The predicted octanol–water partition coefficient (Wildman–Crippen LogP) is 2.43. The molecular formula is C14H17F4NO2. The number of ether oxygens (including phenoxy) is 1. The average Bonchev–Trinajstić information content (AvgIpc) is 2.72. The Morgan fingerprint density at radius 3 is 2.67 bits per heavy atom. The van der Waals surface area contributed by atoms with E-state index in [1.165, 1.54) is 0 Å². The summed E-state index contributed by atoms with van der Waals surface area (Å²) < 4.78 is 56.9. The van der Waals surface area contributed by atoms with Crippen LogP contribution in [0.2, 0.25) is 0 Å². The van der Waals surface area contributed by atoms with E-state index in [2.05, 4.69) is 0 Å². The molecule has 0 saturated carbocycles. The van der Waals surface area contributed by atoms with Crippen LogP contribution >= 0.6 is 0 Å². The van der Waals surface area contributed by atoms with Gasteiger partial charge in [0, 0.05) is 31.8 Å². The van der Waals surface area contributed by atoms with E-state index in [1.807, 2.05) is 0 Å². The van der Waals surface area contributed by atoms with Gasteiger partial charge in [-0.1, -0.05) is 0 Å². The summed E-state index contributed by atoms with van der Waals surface area (Å²) in [6, 6.07) is 2.36. The second kappa shape index (κ2) is 6.29. The number of hydrogen-bond acceptors (Lipinski definition) is 3. The maximum absolute atomic E-state index is 13.7. The van der Waals surface area contributed by atoms with Crippen molar-refractivity contribution in [2.45, 2.75) is 31.9 Å². The van der Waals surface area contributed by atoms with Crippen LogP contribution in [-0.4, -0.2) is 41.9 Å². The molecule has 0 spiro atoms. The van der Waals surface area contributed by atoms with Crippen LogP contribution in [-0.2, 0) is 17.5 Å². The molecule has 1 saturated heterocycles. The highest BCUT2D eigenvalue weighted by atomic mass is 19.4. The van der Waals surface area contributed by atoms with Crippen LogP contribution < -0.4 is 0 Å². The van der Waals surface area contributed by atoms with Crippen LogP contribution in [0.5, 0.6) is 0 Å². The lowest BCUT2D eigenvalue weighted by Crippen LogP contribution is -2.26. The van der Waals surface area contributed by atoms with Gasteiger partial charge in [-0.15, -0.1) is 0 Å². The number of rotatable bonds is 4. The minimum Gasteiger partial charge on any atom is -0.389 e. The van der Waals surface area contributed by atoms with Crippen LogP contribution in [0.1, 0.15) is 18.1 Å². The molecule has 2 atom stereocenters. The molecule has 1 aromatic rings. The molecule has 1 fully saturated rings. The van der Waals surface area contributed by atoms with Crippen molar-refractivity contribution in [3.05, 3.63) is 35.1 Å². The van der Waals surface area contributed by atoms with Crippen molar-refractivity contribution in [3.8, 4) is 0 Å². The zero-order chi connectivity index (χ0) is 15.6. The van der Waals surface area contributed by atoms with Crippen LogP contribution in [0.25, 0.3) is 0 Å². The summed E-state index contributed by atoms with van der Waals surface area (Å²) in [6.45, 7) is 2.86. The summed E-state index contributed by atoms with van der Waals surface area (Å²) in [5.41, 5.74) is -0.908. The van der Waals surface area contributed by atoms with E-state index in [0.717, 1.165) is 18.2 Å². The van der Waals surface area contributed by atoms with Gasteiger partial charge in [-0.3, -0.25) is 4.90 Å². The zero-order valence-corrected chi connectivity index (χ0v) is 11.5. The van der Waals surface area contributed by atoms with Crippen LogP contribution in [0.15, 0.2) is 18.2 Å². The fourth-order valence-corrected chi connectivity index (χ4v) is 2.45. The van der Waals surface area contributed by atoms with Crippen molar-refractivity contribution in [1.82, 2.24) is 4.90 Å². The maximum atomic E-state index is 13.7. The van der Waals surface area contributed by atoms with Gasteiger partial charge < -0.3 is 9.84 Å². The second-order valence-electron chi connectivity index (χ2n) is 5.06. The molecule has 0 aliphatic carbocycles. The third-order valence-electron chi connectivity index (χ3n) is 3.46. The topological polar surface area (TPSA) is 32.7 Å². The van der Waals surface area contributed by atoms with Gasteiger partial charge >= 0.3 is 6.18 Å². The first-order valence-corrected chi connectivity index (χ1v) is 6.69. The number of alkyl halides is 3. The molecule has 21 heavy (non-hydrogen) atoms. The molecule has 3 nitrogen and oxygen atoms in total. The Hall–Kier alpha value is -1.18. The second-order valence-corrected chi connectivity index (χ2v) is 5.06. The molecule has 1 N–H and O–H groups in total. The average molecular weight is 307 g/mol. The highest BCUT2D eigenvalue weighted by Crippen LogP contribution is 2.31. The van der Waals surface area contributed by atoms with Crippen LogP contribution in [0.3, 0.4) is 0 Å². The van der Waals surface area contributed by atoms with Crippen molar-refractivity contribution in [2.75, 3.05) is 19.7 Å². The Morgan fingerprint density at radius 2 is 2.05 bits per heavy atom. The number of aliphatic hydroxyl groups excluding tert-OH is 1. The summed E-state index contributed by atoms with van der Waals surface area (Å²) >= 11 is 0. The van der Waals surface area contributed by atoms with Crippen molar-refractivity contribution in [1.29, 1.82) is 0 Å². The Labute approximate surface area is 120 Å². The van der Waals surface area contributed by atoms with E-state index >= 15 is 0 Å². The first-order chi connectivity index (χ1) is 9.81. The largest absolute Gasteiger partial charge is 0.416 e. The summed E-state index contributed by atoms with van der Waals surface area (Å²) in [6.07, 6.45) is -5.59. The quantitative estimate of drug-likeness (QED) is 0.867. The molecule has 0 aromatic heterocycles. The molecule has 118 valence electrons. The van der Waals surface area contributed by atoms with Crippen molar-refractivity contribution in [3.63, 3.8) is 0 Å². The molecule has 0 unspecified atom stereocenters. The van der Waals surface area contributed by atoms with Crippen LogP contribution in [0.4, 0.5) is 17.6 Å². The van der Waals surface area contributed by atoms with Gasteiger partial charge in [0.25, 0.3) is 0 Å². The molecule has 2 rings (SSSR count). The Kier molecular flexibility index (Phi) is 4.85. The van der Waals surface area contributed by atoms with E-state index in [1.54, 1.807) is 11.8 Å². The standard InChI is InChI=1S/C14H17F4NO2/c1-2-21-13-8-19(7-12(13)20)6-9-5-10(14(16,17)18)3-4-11(9)15/h3-5,12-13,20H,2,6-8H2,1H3/t12-,13-/m0/s1. The lowest BCUT2D eigenvalue weighted by Gasteiger charge is -2.17. The van der Waals surface area contributed by atoms with Gasteiger partial charge in [-0.25, -0.2) is 4.39 Å². The van der Waals surface area contributed by atoms with Gasteiger partial charge in [0.05, 0.1) is 17.8 Å². The third kappa shape index (κ3) is 3.93. The first-order valence-electron chi connectivity index (χ1n) is 6.69. The fourth-order valence-electron chi connectivity index (χ4n) is 2.45. The van der Waals surface area contributed by atoms with Gasteiger partial charge in [-0.2, -0.15) is 13.2 Å². The molecule has 1 aromatic carbocycles. The molecule has 1 aliphatic heterocycles. The fraction of sp³-hybridized carbons (Fsp3) is 0.571. The van der Waals surface area contributed by atoms with Gasteiger partial charge in [0.15, 0.2) is 0 Å². The summed E-state index contributed by atoms with van der Waals surface area (Å²) in [4.78, 5) is 1.68. The number of likely N-dealkylation sites (tertiary alicyclic amines) is 1. The van der Waals surface area contributed by atoms with Gasteiger partial charge in [-0.05, 0) is 25.1 Å². The van der Waals surface area contributed by atoms with E-state index in [0.29, 0.717) is 13.2 Å². The Balaban J connectivity index is 2.10.